The molecule has 0 aliphatic rings. The maximum absolute atomic E-state index is 5.75. The molecule has 2 rings (SSSR count). The summed E-state index contributed by atoms with van der Waals surface area (Å²) in [7, 11) is 0. The van der Waals surface area contributed by atoms with Gasteiger partial charge in [-0.15, -0.1) is 0 Å². The lowest BCUT2D eigenvalue weighted by molar-refractivity contribution is 0.267. The van der Waals surface area contributed by atoms with Crippen molar-refractivity contribution < 1.29 is 13.9 Å². The highest BCUT2D eigenvalue weighted by Crippen LogP contribution is 2.20. The van der Waals surface area contributed by atoms with Crippen molar-refractivity contribution in [3.63, 3.8) is 0 Å². The summed E-state index contributed by atoms with van der Waals surface area (Å²) in [5, 5.41) is 3.38. The van der Waals surface area contributed by atoms with Gasteiger partial charge >= 0.3 is 0 Å². The topological polar surface area (TPSA) is 43.6 Å². The molecule has 0 saturated heterocycles. The number of furan rings is 1. The average Bonchev–Trinajstić information content (AvgIpc) is 2.92. The van der Waals surface area contributed by atoms with E-state index in [1.165, 1.54) is 0 Å². The second-order valence-corrected chi connectivity index (χ2v) is 5.10. The van der Waals surface area contributed by atoms with E-state index < -0.39 is 0 Å². The molecule has 0 bridgehead atoms. The van der Waals surface area contributed by atoms with Gasteiger partial charge in [-0.1, -0.05) is 13.8 Å². The maximum atomic E-state index is 5.75. The number of benzene rings is 1. The van der Waals surface area contributed by atoms with Crippen LogP contribution in [0.5, 0.6) is 11.5 Å². The molecule has 0 unspecified atom stereocenters. The first-order valence-corrected chi connectivity index (χ1v) is 7.33. The smallest absolute Gasteiger partial charge is 0.146 e. The fourth-order valence-corrected chi connectivity index (χ4v) is 1.91. The van der Waals surface area contributed by atoms with E-state index in [4.69, 9.17) is 13.9 Å². The van der Waals surface area contributed by atoms with Gasteiger partial charge in [0.2, 0.25) is 0 Å². The van der Waals surface area contributed by atoms with E-state index in [2.05, 4.69) is 19.2 Å². The zero-order chi connectivity index (χ0) is 15.1. The van der Waals surface area contributed by atoms with Crippen molar-refractivity contribution >= 4 is 0 Å². The quantitative estimate of drug-likeness (QED) is 0.803. The van der Waals surface area contributed by atoms with E-state index in [0.717, 1.165) is 29.4 Å². The van der Waals surface area contributed by atoms with Crippen molar-refractivity contribution in [1.82, 2.24) is 5.32 Å². The molecule has 0 spiro atoms. The Bertz CT molecular complexity index is 531. The molecule has 114 valence electrons. The predicted octanol–water partition coefficient (Wildman–Crippen LogP) is 3.76. The summed E-state index contributed by atoms with van der Waals surface area (Å²) in [6, 6.07) is 10.0. The summed E-state index contributed by atoms with van der Waals surface area (Å²) in [5.41, 5.74) is 1.13. The van der Waals surface area contributed by atoms with Gasteiger partial charge in [0.15, 0.2) is 0 Å². The van der Waals surface area contributed by atoms with Gasteiger partial charge in [0.05, 0.1) is 12.9 Å². The Morgan fingerprint density at radius 3 is 2.33 bits per heavy atom. The van der Waals surface area contributed by atoms with Crippen LogP contribution in [-0.4, -0.2) is 12.6 Å². The second-order valence-electron chi connectivity index (χ2n) is 5.10. The van der Waals surface area contributed by atoms with E-state index in [9.17, 15) is 0 Å². The third kappa shape index (κ3) is 4.83. The van der Waals surface area contributed by atoms with Crippen LogP contribution in [0.25, 0.3) is 0 Å². The summed E-state index contributed by atoms with van der Waals surface area (Å²) < 4.78 is 16.6. The molecule has 0 aliphatic carbocycles. The van der Waals surface area contributed by atoms with Gasteiger partial charge in [-0.3, -0.25) is 0 Å². The van der Waals surface area contributed by atoms with Crippen LogP contribution in [-0.2, 0) is 13.2 Å². The van der Waals surface area contributed by atoms with Crippen LogP contribution < -0.4 is 14.8 Å². The van der Waals surface area contributed by atoms with E-state index in [-0.39, 0.29) is 0 Å². The first kappa shape index (κ1) is 15.4. The molecule has 2 aromatic rings. The first-order chi connectivity index (χ1) is 10.2. The lowest BCUT2D eigenvalue weighted by Crippen LogP contribution is -2.22. The Hall–Kier alpha value is -1.94. The fraction of sp³-hybridized carbons (Fsp3) is 0.412. The molecule has 0 aliphatic heterocycles. The van der Waals surface area contributed by atoms with Crippen molar-refractivity contribution in [2.45, 2.75) is 40.0 Å². The highest BCUT2D eigenvalue weighted by atomic mass is 16.5. The molecule has 1 N–H and O–H groups in total. The number of rotatable bonds is 8. The van der Waals surface area contributed by atoms with Gasteiger partial charge in [-0.05, 0) is 37.3 Å². The third-order valence-electron chi connectivity index (χ3n) is 3.04. The zero-order valence-corrected chi connectivity index (χ0v) is 12.9. The second kappa shape index (κ2) is 7.74. The Balaban J connectivity index is 1.89. The monoisotopic (exact) mass is 289 g/mol. The van der Waals surface area contributed by atoms with E-state index >= 15 is 0 Å². The van der Waals surface area contributed by atoms with Crippen LogP contribution in [0.2, 0.25) is 0 Å². The van der Waals surface area contributed by atoms with Crippen LogP contribution in [0.1, 0.15) is 32.1 Å². The van der Waals surface area contributed by atoms with Crippen molar-refractivity contribution in [3.8, 4) is 11.5 Å². The summed E-state index contributed by atoms with van der Waals surface area (Å²) in [6.07, 6.45) is 1.70. The lowest BCUT2D eigenvalue weighted by Gasteiger charge is -2.09. The molecule has 1 aromatic heterocycles. The summed E-state index contributed by atoms with van der Waals surface area (Å²) in [6.45, 7) is 8.09. The summed E-state index contributed by atoms with van der Waals surface area (Å²) >= 11 is 0. The molecule has 4 heteroatoms. The minimum absolute atomic E-state index is 0.427. The van der Waals surface area contributed by atoms with Gasteiger partial charge in [0, 0.05) is 18.2 Å². The predicted molar refractivity (Wildman–Crippen MR) is 82.6 cm³/mol. The molecule has 0 atom stereocenters. The summed E-state index contributed by atoms with van der Waals surface area (Å²) in [5.74, 6) is 2.51. The average molecular weight is 289 g/mol. The van der Waals surface area contributed by atoms with E-state index in [1.54, 1.807) is 6.26 Å². The summed E-state index contributed by atoms with van der Waals surface area (Å²) in [4.78, 5) is 0. The van der Waals surface area contributed by atoms with Gasteiger partial charge < -0.3 is 19.2 Å². The minimum atomic E-state index is 0.427. The zero-order valence-electron chi connectivity index (χ0n) is 12.9. The fourth-order valence-electron chi connectivity index (χ4n) is 1.91. The number of hydrogen-bond acceptors (Lipinski definition) is 4. The number of nitrogens with one attached hydrogen (secondary N) is 1. The van der Waals surface area contributed by atoms with Crippen LogP contribution in [0.4, 0.5) is 0 Å². The Kier molecular flexibility index (Phi) is 5.69. The third-order valence-corrected chi connectivity index (χ3v) is 3.04. The highest BCUT2D eigenvalue weighted by Gasteiger charge is 2.08. The molecule has 0 saturated carbocycles. The van der Waals surface area contributed by atoms with Gasteiger partial charge in [0.25, 0.3) is 0 Å². The Morgan fingerprint density at radius 1 is 1.05 bits per heavy atom. The van der Waals surface area contributed by atoms with Crippen molar-refractivity contribution in [1.29, 1.82) is 0 Å². The Morgan fingerprint density at radius 2 is 1.71 bits per heavy atom. The molecular formula is C17H23NO3. The van der Waals surface area contributed by atoms with Crippen LogP contribution in [0.3, 0.4) is 0 Å². The van der Waals surface area contributed by atoms with Crippen molar-refractivity contribution in [2.24, 2.45) is 0 Å². The highest BCUT2D eigenvalue weighted by molar-refractivity contribution is 5.31. The lowest BCUT2D eigenvalue weighted by atomic mass is 10.2. The standard InChI is InChI=1S/C17H23NO3/c1-4-19-15-5-7-16(8-6-15)21-12-17-14(9-10-20-17)11-18-13(2)3/h5-10,13,18H,4,11-12H2,1-3H3. The molecule has 1 aromatic carbocycles. The van der Waals surface area contributed by atoms with Crippen LogP contribution >= 0.6 is 0 Å². The number of hydrogen-bond donors (Lipinski definition) is 1. The van der Waals surface area contributed by atoms with E-state index in [0.29, 0.717) is 19.3 Å². The van der Waals surface area contributed by atoms with Crippen molar-refractivity contribution in [3.05, 3.63) is 47.9 Å². The van der Waals surface area contributed by atoms with Gasteiger partial charge in [-0.25, -0.2) is 0 Å². The van der Waals surface area contributed by atoms with Crippen LogP contribution in [0, 0.1) is 0 Å². The molecule has 21 heavy (non-hydrogen) atoms. The largest absolute Gasteiger partial charge is 0.494 e. The van der Waals surface area contributed by atoms with Gasteiger partial charge in [0.1, 0.15) is 23.9 Å². The SMILES string of the molecule is CCOc1ccc(OCc2occc2CNC(C)C)cc1. The molecular weight excluding hydrogens is 266 g/mol. The molecule has 1 heterocycles. The molecule has 0 radical (unpaired) electrons. The minimum Gasteiger partial charge on any atom is -0.494 e. The van der Waals surface area contributed by atoms with Gasteiger partial charge in [-0.2, -0.15) is 0 Å². The first-order valence-electron chi connectivity index (χ1n) is 7.33. The molecule has 0 amide bonds. The van der Waals surface area contributed by atoms with Crippen molar-refractivity contribution in [2.75, 3.05) is 6.61 Å². The van der Waals surface area contributed by atoms with Crippen LogP contribution in [0.15, 0.2) is 41.0 Å². The number of ether oxygens (including phenoxy) is 2. The maximum Gasteiger partial charge on any atom is 0.146 e. The Labute approximate surface area is 126 Å². The molecule has 4 nitrogen and oxygen atoms in total. The van der Waals surface area contributed by atoms with E-state index in [1.807, 2.05) is 37.3 Å². The molecule has 0 fully saturated rings. The normalized spacial score (nSPS) is 10.9.